The number of halogens is 4. The van der Waals surface area contributed by atoms with E-state index in [1.807, 2.05) is 30.3 Å². The van der Waals surface area contributed by atoms with Crippen LogP contribution < -0.4 is 5.32 Å². The van der Waals surface area contributed by atoms with Crippen LogP contribution in [0.3, 0.4) is 0 Å². The van der Waals surface area contributed by atoms with Gasteiger partial charge in [-0.15, -0.1) is 0 Å². The number of anilines is 1. The second-order valence-electron chi connectivity index (χ2n) is 9.26. The van der Waals surface area contributed by atoms with Crippen LogP contribution in [-0.4, -0.2) is 30.6 Å². The number of carbonyl (C=O) groups excluding carboxylic acids is 2. The second kappa shape index (κ2) is 17.2. The third kappa shape index (κ3) is 12.3. The highest BCUT2D eigenvalue weighted by molar-refractivity contribution is 5.92. The maximum Gasteiger partial charge on any atom is 0.416 e. The first-order chi connectivity index (χ1) is 18.5. The number of hydrogen-bond donors (Lipinski definition) is 2. The van der Waals surface area contributed by atoms with E-state index in [1.54, 1.807) is 0 Å². The van der Waals surface area contributed by atoms with Gasteiger partial charge in [-0.1, -0.05) is 57.0 Å². The smallest absolute Gasteiger partial charge is 0.416 e. The van der Waals surface area contributed by atoms with E-state index >= 15 is 0 Å². The Labute approximate surface area is 226 Å². The van der Waals surface area contributed by atoms with Crippen molar-refractivity contribution in [2.75, 3.05) is 12.4 Å². The number of carbonyl (C=O) groups is 3. The summed E-state index contributed by atoms with van der Waals surface area (Å²) in [6, 6.07) is 12.0. The van der Waals surface area contributed by atoms with Crippen molar-refractivity contribution in [3.8, 4) is 0 Å². The first-order valence-electron chi connectivity index (χ1n) is 12.9. The lowest BCUT2D eigenvalue weighted by atomic mass is 9.77. The van der Waals surface area contributed by atoms with Crippen LogP contribution in [0.1, 0.15) is 75.8 Å². The molecule has 0 bridgehead atoms. The van der Waals surface area contributed by atoms with Crippen LogP contribution in [0.2, 0.25) is 0 Å². The fourth-order valence-electron chi connectivity index (χ4n) is 3.97. The van der Waals surface area contributed by atoms with E-state index in [9.17, 15) is 27.2 Å². The maximum atomic E-state index is 13.9. The second-order valence-corrected chi connectivity index (χ2v) is 9.26. The number of esters is 1. The summed E-state index contributed by atoms with van der Waals surface area (Å²) < 4.78 is 56.2. The topological polar surface area (TPSA) is 92.7 Å². The molecule has 0 heterocycles. The average Bonchev–Trinajstić information content (AvgIpc) is 3.76. The molecule has 39 heavy (non-hydrogen) atoms. The Kier molecular flexibility index (Phi) is 14.8. The van der Waals surface area contributed by atoms with Gasteiger partial charge in [0.15, 0.2) is 0 Å². The van der Waals surface area contributed by atoms with Crippen molar-refractivity contribution in [1.29, 1.82) is 0 Å². The molecule has 4 rings (SSSR count). The van der Waals surface area contributed by atoms with Crippen molar-refractivity contribution >= 4 is 24.0 Å². The van der Waals surface area contributed by atoms with Crippen LogP contribution in [0.4, 0.5) is 23.2 Å². The molecule has 0 saturated heterocycles. The third-order valence-corrected chi connectivity index (χ3v) is 5.98. The molecule has 2 fully saturated rings. The molecule has 2 aromatic carbocycles. The van der Waals surface area contributed by atoms with E-state index in [0.717, 1.165) is 37.8 Å². The van der Waals surface area contributed by atoms with Gasteiger partial charge in [0, 0.05) is 5.92 Å². The first-order valence-corrected chi connectivity index (χ1v) is 12.9. The number of benzene rings is 2. The zero-order chi connectivity index (χ0) is 29.4. The van der Waals surface area contributed by atoms with Crippen molar-refractivity contribution in [1.82, 2.24) is 0 Å². The zero-order valence-electron chi connectivity index (χ0n) is 22.5. The molecule has 2 saturated carbocycles. The molecule has 0 spiro atoms. The monoisotopic (exact) mass is 555 g/mol. The molecular weight excluding hydrogens is 518 g/mol. The highest BCUT2D eigenvalue weighted by Crippen LogP contribution is 2.37. The van der Waals surface area contributed by atoms with Crippen LogP contribution in [0, 0.1) is 17.7 Å². The summed E-state index contributed by atoms with van der Waals surface area (Å²) in [5.74, 6) is -1.23. The van der Waals surface area contributed by atoms with Gasteiger partial charge >= 0.3 is 12.1 Å². The molecule has 2 unspecified atom stereocenters. The van der Waals surface area contributed by atoms with Crippen molar-refractivity contribution in [3.63, 3.8) is 0 Å². The predicted molar refractivity (Wildman–Crippen MR) is 141 cm³/mol. The number of rotatable bonds is 4. The number of amides is 1. The molecule has 0 aromatic heterocycles. The van der Waals surface area contributed by atoms with Crippen LogP contribution in [0.25, 0.3) is 0 Å². The Morgan fingerprint density at radius 1 is 1.03 bits per heavy atom. The van der Waals surface area contributed by atoms with E-state index in [1.165, 1.54) is 19.1 Å². The summed E-state index contributed by atoms with van der Waals surface area (Å²) in [6.07, 6.45) is 1.92. The predicted octanol–water partition coefficient (Wildman–Crippen LogP) is 7.44. The first kappa shape index (κ1) is 33.6. The zero-order valence-corrected chi connectivity index (χ0v) is 22.5. The van der Waals surface area contributed by atoms with E-state index in [0.29, 0.717) is 18.9 Å². The maximum absolute atomic E-state index is 13.9. The number of carboxylic acid groups (broad SMARTS) is 1. The fourth-order valence-corrected chi connectivity index (χ4v) is 3.97. The van der Waals surface area contributed by atoms with Gasteiger partial charge in [0.05, 0.1) is 24.3 Å². The standard InChI is InChI=1S/C20H19F4NO.C5H8O2.C3H8.CH2O2/c21-17-12-16(20(22,23)24)9-10-18(17)25-19(26)15-8-4-7-14(11-15)13-5-2-1-3-6-13;1-7-5(6)4-2-3-4;1-3-2;2-1-3/h1-3,5-6,9-10,12,14-15H,4,7-8,11H2,(H,25,26);4H,2-3H2,1H3;3H2,1-2H3;1H,(H,2,3). The highest BCUT2D eigenvalue weighted by atomic mass is 19.4. The Morgan fingerprint density at radius 3 is 2.08 bits per heavy atom. The molecule has 10 heteroatoms. The summed E-state index contributed by atoms with van der Waals surface area (Å²) in [5, 5.41) is 9.34. The molecule has 0 aliphatic heterocycles. The van der Waals surface area contributed by atoms with Crippen molar-refractivity contribution in [3.05, 3.63) is 65.5 Å². The van der Waals surface area contributed by atoms with Crippen LogP contribution in [0.5, 0.6) is 0 Å². The van der Waals surface area contributed by atoms with E-state index in [-0.39, 0.29) is 41.8 Å². The van der Waals surface area contributed by atoms with Crippen LogP contribution in [0.15, 0.2) is 48.5 Å². The fraction of sp³-hybridized carbons (Fsp3) is 0.483. The number of methoxy groups -OCH3 is 1. The summed E-state index contributed by atoms with van der Waals surface area (Å²) in [4.78, 5) is 31.2. The number of nitrogens with one attached hydrogen (secondary N) is 1. The largest absolute Gasteiger partial charge is 0.483 e. The Hall–Kier alpha value is -3.43. The van der Waals surface area contributed by atoms with Crippen molar-refractivity contribution < 1.29 is 41.8 Å². The molecule has 2 N–H and O–H groups in total. The Bertz CT molecular complexity index is 1030. The Balaban J connectivity index is 0.000000484. The lowest BCUT2D eigenvalue weighted by molar-refractivity contribution is -0.142. The van der Waals surface area contributed by atoms with Gasteiger partial charge in [0.1, 0.15) is 5.82 Å². The summed E-state index contributed by atoms with van der Waals surface area (Å²) in [5.41, 5.74) is -0.120. The van der Waals surface area contributed by atoms with Gasteiger partial charge in [0.2, 0.25) is 5.91 Å². The van der Waals surface area contributed by atoms with Gasteiger partial charge in [-0.2, -0.15) is 13.2 Å². The minimum absolute atomic E-state index is 0.0417. The summed E-state index contributed by atoms with van der Waals surface area (Å²) in [6.45, 7) is 4.00. The molecule has 216 valence electrons. The lowest BCUT2D eigenvalue weighted by Crippen LogP contribution is -2.28. The number of ether oxygens (including phenoxy) is 1. The molecular formula is C29H37F4NO5. The van der Waals surface area contributed by atoms with E-state index < -0.39 is 17.6 Å². The van der Waals surface area contributed by atoms with Gasteiger partial charge < -0.3 is 15.2 Å². The van der Waals surface area contributed by atoms with Crippen LogP contribution in [-0.2, 0) is 25.3 Å². The molecule has 0 radical (unpaired) electrons. The minimum Gasteiger partial charge on any atom is -0.483 e. The number of alkyl halides is 3. The highest BCUT2D eigenvalue weighted by Gasteiger charge is 2.32. The summed E-state index contributed by atoms with van der Waals surface area (Å²) >= 11 is 0. The molecule has 2 aliphatic rings. The minimum atomic E-state index is -4.62. The van der Waals surface area contributed by atoms with Gasteiger partial charge in [0.25, 0.3) is 6.47 Å². The van der Waals surface area contributed by atoms with Gasteiger partial charge in [-0.05, 0) is 61.8 Å². The van der Waals surface area contributed by atoms with E-state index in [2.05, 4.69) is 23.9 Å². The number of hydrogen-bond acceptors (Lipinski definition) is 4. The quantitative estimate of drug-likeness (QED) is 0.232. The molecule has 1 amide bonds. The van der Waals surface area contributed by atoms with Crippen LogP contribution >= 0.6 is 0 Å². The van der Waals surface area contributed by atoms with Crippen molar-refractivity contribution in [2.24, 2.45) is 11.8 Å². The molecule has 6 nitrogen and oxygen atoms in total. The van der Waals surface area contributed by atoms with Gasteiger partial charge in [-0.25, -0.2) is 4.39 Å². The van der Waals surface area contributed by atoms with Crippen molar-refractivity contribution in [2.45, 2.75) is 70.9 Å². The van der Waals surface area contributed by atoms with E-state index in [4.69, 9.17) is 9.90 Å². The molecule has 2 aliphatic carbocycles. The Morgan fingerprint density at radius 2 is 1.62 bits per heavy atom. The lowest BCUT2D eigenvalue weighted by Gasteiger charge is -2.28. The average molecular weight is 556 g/mol. The van der Waals surface area contributed by atoms with Gasteiger partial charge in [-0.3, -0.25) is 14.4 Å². The molecule has 2 aromatic rings. The molecule has 2 atom stereocenters. The normalized spacial score (nSPS) is 17.9. The summed E-state index contributed by atoms with van der Waals surface area (Å²) in [7, 11) is 1.43. The SMILES string of the molecule is CCC.COC(=O)C1CC1.O=C(Nc1ccc(C(F)(F)F)cc1F)C1CCCC(c2ccccc2)C1.O=CO. The third-order valence-electron chi connectivity index (χ3n) is 5.98.